The molecular formula is C22H24ClN5O4. The van der Waals surface area contributed by atoms with Crippen LogP contribution in [-0.4, -0.2) is 35.4 Å². The lowest BCUT2D eigenvalue weighted by Crippen LogP contribution is -2.40. The first kappa shape index (κ1) is 23.2. The summed E-state index contributed by atoms with van der Waals surface area (Å²) >= 11 is 5.94. The number of aromatic nitrogens is 5. The number of imidazole rings is 1. The zero-order chi connectivity index (χ0) is 23.4. The highest BCUT2D eigenvalue weighted by Gasteiger charge is 2.22. The van der Waals surface area contributed by atoms with Gasteiger partial charge in [-0.15, -0.1) is 0 Å². The van der Waals surface area contributed by atoms with Crippen molar-refractivity contribution in [2.24, 2.45) is 7.05 Å². The summed E-state index contributed by atoms with van der Waals surface area (Å²) in [5.41, 5.74) is 0.631. The fraction of sp³-hybridized carbons (Fsp3) is 0.273. The second kappa shape index (κ2) is 9.80. The summed E-state index contributed by atoms with van der Waals surface area (Å²) < 4.78 is 9.85. The molecular weight excluding hydrogens is 434 g/mol. The SMILES string of the molecule is C=C/C(=C\C(=C)C)Oc1nc2c(c(=O)n(CCCO)c(=O)n2C)n1Cc1ccc(Cl)cn1. The van der Waals surface area contributed by atoms with E-state index in [2.05, 4.69) is 23.1 Å². The Morgan fingerprint density at radius 2 is 2.06 bits per heavy atom. The second-order valence-corrected chi connectivity index (χ2v) is 7.63. The summed E-state index contributed by atoms with van der Waals surface area (Å²) in [6, 6.07) is 3.51. The van der Waals surface area contributed by atoms with Crippen molar-refractivity contribution >= 4 is 22.8 Å². The van der Waals surface area contributed by atoms with E-state index in [1.807, 2.05) is 0 Å². The molecule has 0 aromatic carbocycles. The van der Waals surface area contributed by atoms with Crippen molar-refractivity contribution in [2.75, 3.05) is 6.61 Å². The van der Waals surface area contributed by atoms with Crippen molar-refractivity contribution in [3.63, 3.8) is 0 Å². The van der Waals surface area contributed by atoms with Crippen LogP contribution in [0.1, 0.15) is 19.0 Å². The highest BCUT2D eigenvalue weighted by atomic mass is 35.5. The van der Waals surface area contributed by atoms with Crippen LogP contribution in [0.25, 0.3) is 11.2 Å². The maximum Gasteiger partial charge on any atom is 0.332 e. The van der Waals surface area contributed by atoms with Crippen LogP contribution in [0.5, 0.6) is 6.01 Å². The number of nitrogens with zero attached hydrogens (tertiary/aromatic N) is 5. The van der Waals surface area contributed by atoms with E-state index in [1.165, 1.54) is 23.9 Å². The second-order valence-electron chi connectivity index (χ2n) is 7.20. The van der Waals surface area contributed by atoms with Gasteiger partial charge in [0, 0.05) is 26.4 Å². The van der Waals surface area contributed by atoms with Crippen LogP contribution in [0.3, 0.4) is 0 Å². The van der Waals surface area contributed by atoms with Crippen LogP contribution in [0.4, 0.5) is 0 Å². The Labute approximate surface area is 189 Å². The minimum atomic E-state index is -0.531. The number of hydrogen-bond donors (Lipinski definition) is 1. The molecule has 0 atom stereocenters. The molecule has 0 aliphatic heterocycles. The van der Waals surface area contributed by atoms with Crippen LogP contribution in [-0.2, 0) is 20.1 Å². The zero-order valence-electron chi connectivity index (χ0n) is 17.9. The molecule has 0 amide bonds. The third kappa shape index (κ3) is 4.74. The molecule has 0 unspecified atom stereocenters. The van der Waals surface area contributed by atoms with Gasteiger partial charge in [0.2, 0.25) is 0 Å². The van der Waals surface area contributed by atoms with Gasteiger partial charge in [-0.1, -0.05) is 30.3 Å². The summed E-state index contributed by atoms with van der Waals surface area (Å²) in [6.07, 6.45) is 4.94. The summed E-state index contributed by atoms with van der Waals surface area (Å²) in [7, 11) is 1.53. The predicted molar refractivity (Wildman–Crippen MR) is 123 cm³/mol. The van der Waals surface area contributed by atoms with Gasteiger partial charge in [0.15, 0.2) is 11.2 Å². The molecule has 0 radical (unpaired) electrons. The normalized spacial score (nSPS) is 11.7. The van der Waals surface area contributed by atoms with Gasteiger partial charge in [-0.05, 0) is 37.6 Å². The minimum Gasteiger partial charge on any atom is -0.425 e. The summed E-state index contributed by atoms with van der Waals surface area (Å²) in [5, 5.41) is 9.64. The van der Waals surface area contributed by atoms with Crippen molar-refractivity contribution in [1.82, 2.24) is 23.7 Å². The number of rotatable bonds is 9. The minimum absolute atomic E-state index is 0.0754. The standard InChI is InChI=1S/C22H24ClN5O4/c1-5-17(11-14(2)3)32-21-25-19-18(28(21)13-16-8-7-15(23)12-24-16)20(30)27(9-6-10-29)22(31)26(19)4/h5,7-8,11-12,29H,1-2,6,9-10,13H2,3-4H3/b17-11+. The molecule has 0 saturated carbocycles. The molecule has 3 heterocycles. The van der Waals surface area contributed by atoms with Gasteiger partial charge < -0.3 is 9.84 Å². The lowest BCUT2D eigenvalue weighted by molar-refractivity contribution is 0.277. The van der Waals surface area contributed by atoms with Gasteiger partial charge in [-0.25, -0.2) is 4.79 Å². The number of allylic oxidation sites excluding steroid dienone is 3. The maximum atomic E-state index is 13.3. The van der Waals surface area contributed by atoms with E-state index in [4.69, 9.17) is 21.4 Å². The highest BCUT2D eigenvalue weighted by molar-refractivity contribution is 6.30. The van der Waals surface area contributed by atoms with Gasteiger partial charge in [-0.3, -0.25) is 23.5 Å². The Morgan fingerprint density at radius 1 is 1.31 bits per heavy atom. The van der Waals surface area contributed by atoms with Crippen LogP contribution >= 0.6 is 11.6 Å². The van der Waals surface area contributed by atoms with Gasteiger partial charge >= 0.3 is 11.7 Å². The Hall–Kier alpha value is -3.43. The van der Waals surface area contributed by atoms with E-state index >= 15 is 0 Å². The van der Waals surface area contributed by atoms with Gasteiger partial charge in [0.05, 0.1) is 17.3 Å². The van der Waals surface area contributed by atoms with Crippen LogP contribution in [0, 0.1) is 0 Å². The van der Waals surface area contributed by atoms with Crippen molar-refractivity contribution in [2.45, 2.75) is 26.4 Å². The Balaban J connectivity index is 2.28. The predicted octanol–water partition coefficient (Wildman–Crippen LogP) is 2.40. The maximum absolute atomic E-state index is 13.3. The lowest BCUT2D eigenvalue weighted by Gasteiger charge is -2.11. The fourth-order valence-electron chi connectivity index (χ4n) is 3.14. The molecule has 10 heteroatoms. The van der Waals surface area contributed by atoms with Gasteiger partial charge in [-0.2, -0.15) is 4.98 Å². The molecule has 0 bridgehead atoms. The molecule has 0 spiro atoms. The number of aliphatic hydroxyl groups excluding tert-OH is 1. The third-order valence-corrected chi connectivity index (χ3v) is 4.87. The molecule has 3 aromatic rings. The fourth-order valence-corrected chi connectivity index (χ4v) is 3.25. The summed E-state index contributed by atoms with van der Waals surface area (Å²) in [4.78, 5) is 34.7. The lowest BCUT2D eigenvalue weighted by atomic mass is 10.3. The monoisotopic (exact) mass is 457 g/mol. The van der Waals surface area contributed by atoms with Crippen LogP contribution in [0.15, 0.2) is 64.6 Å². The third-order valence-electron chi connectivity index (χ3n) is 4.65. The quantitative estimate of drug-likeness (QED) is 0.391. The molecule has 0 aliphatic rings. The molecule has 0 aliphatic carbocycles. The average Bonchev–Trinajstić information content (AvgIpc) is 3.11. The zero-order valence-corrected chi connectivity index (χ0v) is 18.7. The first-order chi connectivity index (χ1) is 15.3. The number of pyridine rings is 1. The Kier molecular flexibility index (Phi) is 7.12. The molecule has 3 aromatic heterocycles. The largest absolute Gasteiger partial charge is 0.425 e. The van der Waals surface area contributed by atoms with Crippen LogP contribution in [0.2, 0.25) is 5.02 Å². The van der Waals surface area contributed by atoms with Gasteiger partial charge in [0.25, 0.3) is 5.56 Å². The summed E-state index contributed by atoms with van der Waals surface area (Å²) in [5.74, 6) is 0.378. The van der Waals surface area contributed by atoms with E-state index in [0.717, 1.165) is 10.1 Å². The van der Waals surface area contributed by atoms with Crippen molar-refractivity contribution in [3.05, 3.63) is 86.5 Å². The molecule has 32 heavy (non-hydrogen) atoms. The van der Waals surface area contributed by atoms with Crippen molar-refractivity contribution < 1.29 is 9.84 Å². The topological polar surface area (TPSA) is 104 Å². The number of fused-ring (bicyclic) bond motifs is 1. The first-order valence-corrected chi connectivity index (χ1v) is 10.2. The van der Waals surface area contributed by atoms with E-state index < -0.39 is 11.2 Å². The Bertz CT molecular complexity index is 1320. The smallest absolute Gasteiger partial charge is 0.332 e. The number of aryl methyl sites for hydroxylation is 1. The molecule has 1 N–H and O–H groups in total. The summed E-state index contributed by atoms with van der Waals surface area (Å²) in [6.45, 7) is 9.45. The number of hydrogen-bond acceptors (Lipinski definition) is 6. The molecule has 0 saturated heterocycles. The van der Waals surface area contributed by atoms with Gasteiger partial charge in [0.1, 0.15) is 5.76 Å². The molecule has 0 fully saturated rings. The van der Waals surface area contributed by atoms with Crippen molar-refractivity contribution in [1.29, 1.82) is 0 Å². The van der Waals surface area contributed by atoms with Crippen LogP contribution < -0.4 is 16.0 Å². The highest BCUT2D eigenvalue weighted by Crippen LogP contribution is 2.22. The molecule has 3 rings (SSSR count). The molecule has 9 nitrogen and oxygen atoms in total. The van der Waals surface area contributed by atoms with E-state index in [-0.39, 0.29) is 43.3 Å². The van der Waals surface area contributed by atoms with E-state index in [9.17, 15) is 9.59 Å². The number of ether oxygens (including phenoxy) is 1. The van der Waals surface area contributed by atoms with E-state index in [1.54, 1.807) is 29.7 Å². The number of halogens is 1. The molecule has 168 valence electrons. The number of aliphatic hydroxyl groups is 1. The van der Waals surface area contributed by atoms with Crippen molar-refractivity contribution in [3.8, 4) is 6.01 Å². The Morgan fingerprint density at radius 3 is 2.66 bits per heavy atom. The average molecular weight is 458 g/mol. The first-order valence-electron chi connectivity index (χ1n) is 9.85. The van der Waals surface area contributed by atoms with E-state index in [0.29, 0.717) is 16.5 Å².